The molecule has 0 saturated heterocycles. The molecule has 0 spiro atoms. The summed E-state index contributed by atoms with van der Waals surface area (Å²) in [5, 5.41) is 0. The van der Waals surface area contributed by atoms with Gasteiger partial charge in [-0.25, -0.2) is 0 Å². The van der Waals surface area contributed by atoms with E-state index in [1.807, 2.05) is 0 Å². The van der Waals surface area contributed by atoms with Crippen LogP contribution in [-0.2, 0) is 0 Å². The van der Waals surface area contributed by atoms with Crippen molar-refractivity contribution in [2.45, 2.75) is 0 Å². The van der Waals surface area contributed by atoms with Crippen LogP contribution >= 0.6 is 0 Å². The summed E-state index contributed by atoms with van der Waals surface area (Å²) in [6.45, 7) is 0. The maximum atomic E-state index is 0. The number of rotatable bonds is 0. The predicted octanol–water partition coefficient (Wildman–Crippen LogP) is -4.89. The van der Waals surface area contributed by atoms with Crippen LogP contribution in [-0.4, -0.2) is 58.1 Å². The Morgan fingerprint density at radius 1 is 0.667 bits per heavy atom. The Labute approximate surface area is 59.9 Å². The zero-order chi connectivity index (χ0) is 0. The molecule has 0 radical (unpaired) electrons. The molecule has 6 heavy (non-hydrogen) atoms. The number of hydrogen-bond donors (Lipinski definition) is 0. The van der Waals surface area contributed by atoms with Crippen LogP contribution in [0.5, 0.6) is 0 Å². The average Bonchev–Trinajstić information content (AvgIpc) is 0. The first-order valence-corrected chi connectivity index (χ1v) is 0. The Morgan fingerprint density at radius 3 is 0.667 bits per heavy atom. The number of hydrogen-bond acceptors (Lipinski definition) is 0. The van der Waals surface area contributed by atoms with E-state index in [4.69, 9.17) is 0 Å². The van der Waals surface area contributed by atoms with E-state index >= 15 is 0 Å². The zero-order valence-electron chi connectivity index (χ0n) is 2.00. The predicted molar refractivity (Wildman–Crippen MR) is 33.7 cm³/mol. The molecule has 8 N–H and O–H groups in total. The third-order valence-electron chi connectivity index (χ3n) is 0. The minimum atomic E-state index is 0. The average molecular weight is 112 g/mol. The second kappa shape index (κ2) is 157. The molecule has 0 amide bonds. The summed E-state index contributed by atoms with van der Waals surface area (Å²) in [6, 6.07) is 0. The Morgan fingerprint density at radius 2 is 0.667 bits per heavy atom. The van der Waals surface area contributed by atoms with Gasteiger partial charge < -0.3 is 21.9 Å². The zero-order valence-corrected chi connectivity index (χ0v) is 2.00. The van der Waals surface area contributed by atoms with Crippen molar-refractivity contribution in [3.8, 4) is 0 Å². The molecule has 0 aliphatic heterocycles. The van der Waals surface area contributed by atoms with Crippen LogP contribution in [0.15, 0.2) is 0 Å². The first kappa shape index (κ1) is 264. The summed E-state index contributed by atoms with van der Waals surface area (Å²) in [6.07, 6.45) is 0. The second-order valence-corrected chi connectivity index (χ2v) is 0. The topological polar surface area (TPSA) is 126 Å². The summed E-state index contributed by atoms with van der Waals surface area (Å²) in [7, 11) is 0. The van der Waals surface area contributed by atoms with Crippen molar-refractivity contribution in [2.24, 2.45) is 0 Å². The van der Waals surface area contributed by atoms with Crippen molar-refractivity contribution >= 4 is 36.2 Å². The van der Waals surface area contributed by atoms with Gasteiger partial charge in [0.1, 0.15) is 0 Å². The summed E-state index contributed by atoms with van der Waals surface area (Å²) < 4.78 is 0. The Hall–Kier alpha value is 0.970. The van der Waals surface area contributed by atoms with Gasteiger partial charge in [0.2, 0.25) is 0 Å². The molecule has 0 aliphatic rings. The van der Waals surface area contributed by atoms with Gasteiger partial charge in [0.25, 0.3) is 0 Å². The molecule has 0 aromatic rings. The molecule has 0 bridgehead atoms. The van der Waals surface area contributed by atoms with Gasteiger partial charge >= 0.3 is 18.9 Å². The molecular formula is H14AlLiO4. The molecule has 0 aliphatic carbocycles. The summed E-state index contributed by atoms with van der Waals surface area (Å²) >= 11 is 0. The quantitative estimate of drug-likeness (QED) is 0.278. The van der Waals surface area contributed by atoms with Crippen LogP contribution in [0.3, 0.4) is 0 Å². The van der Waals surface area contributed by atoms with E-state index in [9.17, 15) is 0 Å². The molecule has 42 valence electrons. The first-order valence-electron chi connectivity index (χ1n) is 0. The van der Waals surface area contributed by atoms with E-state index in [0.29, 0.717) is 0 Å². The van der Waals surface area contributed by atoms with Gasteiger partial charge in [-0.05, 0) is 0 Å². The first-order chi connectivity index (χ1) is 0. The molecular weight excluding hydrogens is 97.9 g/mol. The Kier molecular flexibility index (Phi) is 6900. The third-order valence-corrected chi connectivity index (χ3v) is 0. The molecule has 0 atom stereocenters. The molecule has 0 unspecified atom stereocenters. The fourth-order valence-electron chi connectivity index (χ4n) is 0. The van der Waals surface area contributed by atoms with Crippen molar-refractivity contribution in [1.82, 2.24) is 0 Å². The van der Waals surface area contributed by atoms with Gasteiger partial charge in [-0.15, -0.1) is 0 Å². The fraction of sp³-hybridized carbons (Fsp3) is 0. The van der Waals surface area contributed by atoms with Gasteiger partial charge in [-0.2, -0.15) is 0 Å². The van der Waals surface area contributed by atoms with E-state index in [2.05, 4.69) is 0 Å². The van der Waals surface area contributed by atoms with Crippen molar-refractivity contribution in [1.29, 1.82) is 0 Å². The standard InChI is InChI=1S/Al.Li.4H2O.H2.4H/h;;4*1H2;1H;;;;. The fourth-order valence-corrected chi connectivity index (χ4v) is 0. The molecule has 6 heteroatoms. The van der Waals surface area contributed by atoms with Crippen LogP contribution in [0.2, 0.25) is 0 Å². The van der Waals surface area contributed by atoms with Crippen LogP contribution in [0, 0.1) is 0 Å². The van der Waals surface area contributed by atoms with Crippen LogP contribution in [0.25, 0.3) is 0 Å². The minimum absolute atomic E-state index is 0. The molecule has 0 saturated carbocycles. The van der Waals surface area contributed by atoms with Crippen molar-refractivity contribution in [3.05, 3.63) is 0 Å². The third kappa shape index (κ3) is 83.3. The van der Waals surface area contributed by atoms with Crippen molar-refractivity contribution in [2.75, 3.05) is 0 Å². The van der Waals surface area contributed by atoms with Gasteiger partial charge in [0, 0.05) is 1.43 Å². The Bertz CT molecular complexity index is 11.7. The van der Waals surface area contributed by atoms with E-state index < -0.39 is 0 Å². The van der Waals surface area contributed by atoms with Crippen LogP contribution < -0.4 is 0 Å². The van der Waals surface area contributed by atoms with Crippen molar-refractivity contribution in [3.63, 3.8) is 0 Å². The normalized spacial score (nSPS) is 0. The second-order valence-electron chi connectivity index (χ2n) is 0. The molecule has 0 aromatic heterocycles. The van der Waals surface area contributed by atoms with Gasteiger partial charge in [-0.3, -0.25) is 0 Å². The SMILES string of the molecule is O.O.O.O.[AlH3].[HH].[LiH]. The van der Waals surface area contributed by atoms with E-state index in [1.165, 1.54) is 0 Å². The molecule has 0 rings (SSSR count). The van der Waals surface area contributed by atoms with Gasteiger partial charge in [-0.1, -0.05) is 0 Å². The van der Waals surface area contributed by atoms with Gasteiger partial charge in [0.05, 0.1) is 0 Å². The van der Waals surface area contributed by atoms with Crippen molar-refractivity contribution < 1.29 is 23.3 Å². The molecule has 0 aromatic carbocycles. The monoisotopic (exact) mass is 112 g/mol. The van der Waals surface area contributed by atoms with E-state index in [-0.39, 0.29) is 59.6 Å². The Balaban J connectivity index is 0. The van der Waals surface area contributed by atoms with E-state index in [0.717, 1.165) is 0 Å². The molecule has 0 fully saturated rings. The summed E-state index contributed by atoms with van der Waals surface area (Å²) in [5.74, 6) is 0. The van der Waals surface area contributed by atoms with Crippen LogP contribution in [0.1, 0.15) is 1.43 Å². The summed E-state index contributed by atoms with van der Waals surface area (Å²) in [4.78, 5) is 0. The van der Waals surface area contributed by atoms with Crippen LogP contribution in [0.4, 0.5) is 0 Å². The maximum absolute atomic E-state index is 0. The molecule has 4 nitrogen and oxygen atoms in total. The van der Waals surface area contributed by atoms with Gasteiger partial charge in [0.15, 0.2) is 17.4 Å². The summed E-state index contributed by atoms with van der Waals surface area (Å²) in [5.41, 5.74) is 0. The van der Waals surface area contributed by atoms with E-state index in [1.54, 1.807) is 0 Å². The molecule has 0 heterocycles.